The lowest BCUT2D eigenvalue weighted by atomic mass is 10.0. The van der Waals surface area contributed by atoms with Crippen LogP contribution in [0.2, 0.25) is 0 Å². The van der Waals surface area contributed by atoms with Gasteiger partial charge in [0.05, 0.1) is 13.2 Å². The number of phosphoric acid groups is 1. The smallest absolute Gasteiger partial charge is 0.472 e. The van der Waals surface area contributed by atoms with Gasteiger partial charge < -0.3 is 25.2 Å². The molecule has 0 amide bonds. The van der Waals surface area contributed by atoms with Crippen molar-refractivity contribution in [3.05, 3.63) is 24.3 Å². The van der Waals surface area contributed by atoms with Gasteiger partial charge in [0.15, 0.2) is 6.10 Å². The Morgan fingerprint density at radius 3 is 1.53 bits per heavy atom. The van der Waals surface area contributed by atoms with Crippen LogP contribution in [0.3, 0.4) is 0 Å². The summed E-state index contributed by atoms with van der Waals surface area (Å²) in [6.45, 7) is 2.75. The molecular weight excluding hydrogens is 697 g/mol. The Hall–Kier alpha value is -2.04. The van der Waals surface area contributed by atoms with Crippen LogP contribution in [0, 0.1) is 0 Å². The fraction of sp³-hybridized carbons (Fsp3) is 0.829. The minimum atomic E-state index is -4.71. The maximum absolute atomic E-state index is 12.6. The van der Waals surface area contributed by atoms with E-state index in [1.165, 1.54) is 83.5 Å². The molecule has 0 aromatic heterocycles. The summed E-state index contributed by atoms with van der Waals surface area (Å²) in [5, 5.41) is 8.87. The van der Waals surface area contributed by atoms with E-state index in [0.717, 1.165) is 64.2 Å². The summed E-state index contributed by atoms with van der Waals surface area (Å²) in [7, 11) is -4.71. The number of rotatable bonds is 39. The molecule has 0 bridgehead atoms. The van der Waals surface area contributed by atoms with Crippen molar-refractivity contribution >= 4 is 25.7 Å². The molecule has 0 aromatic rings. The molecule has 310 valence electrons. The molecular formula is C41H76NO10P. The maximum atomic E-state index is 12.6. The minimum absolute atomic E-state index is 0.147. The molecule has 0 rings (SSSR count). The molecule has 0 saturated heterocycles. The van der Waals surface area contributed by atoms with E-state index in [9.17, 15) is 23.8 Å². The highest BCUT2D eigenvalue weighted by Gasteiger charge is 2.28. The molecule has 0 aliphatic rings. The minimum Gasteiger partial charge on any atom is -0.480 e. The van der Waals surface area contributed by atoms with E-state index in [-0.39, 0.29) is 19.4 Å². The number of carbonyl (C=O) groups is 3. The molecule has 1 unspecified atom stereocenters. The average molecular weight is 774 g/mol. The summed E-state index contributed by atoms with van der Waals surface area (Å²) >= 11 is 0. The number of hydrogen-bond donors (Lipinski definition) is 3. The fourth-order valence-electron chi connectivity index (χ4n) is 5.61. The molecule has 0 heterocycles. The first kappa shape index (κ1) is 51.0. The standard InChI is InChI=1S/C41H76NO10P/c1-3-5-7-9-11-13-15-17-19-21-22-24-26-28-30-32-39(43)49-34-37(35-50-53(47,48)51-36-38(42)41(45)46)52-40(44)33-31-29-27-25-23-20-18-16-14-12-10-8-6-4-2/h10,12,16,18,37-38H,3-9,11,13-15,17,19-36,42H2,1-2H3,(H,45,46)(H,47,48)/b12-10+,18-16+/t37-,38+/m1/s1. The molecule has 53 heavy (non-hydrogen) atoms. The van der Waals surface area contributed by atoms with Gasteiger partial charge in [-0.2, -0.15) is 0 Å². The molecule has 0 radical (unpaired) electrons. The van der Waals surface area contributed by atoms with Gasteiger partial charge in [0.25, 0.3) is 0 Å². The molecule has 3 atom stereocenters. The van der Waals surface area contributed by atoms with Crippen LogP contribution < -0.4 is 5.73 Å². The van der Waals surface area contributed by atoms with Crippen molar-refractivity contribution in [1.29, 1.82) is 0 Å². The van der Waals surface area contributed by atoms with E-state index in [1.807, 2.05) is 0 Å². The van der Waals surface area contributed by atoms with Crippen molar-refractivity contribution in [3.63, 3.8) is 0 Å². The van der Waals surface area contributed by atoms with Crippen molar-refractivity contribution in [2.45, 2.75) is 199 Å². The molecule has 11 nitrogen and oxygen atoms in total. The Bertz CT molecular complexity index is 1010. The molecule has 0 aliphatic heterocycles. The number of hydrogen-bond acceptors (Lipinski definition) is 9. The van der Waals surface area contributed by atoms with E-state index in [1.54, 1.807) is 0 Å². The van der Waals surface area contributed by atoms with Crippen molar-refractivity contribution in [2.75, 3.05) is 19.8 Å². The van der Waals surface area contributed by atoms with Crippen LogP contribution >= 0.6 is 7.82 Å². The van der Waals surface area contributed by atoms with Gasteiger partial charge in [-0.15, -0.1) is 0 Å². The second-order valence-electron chi connectivity index (χ2n) is 14.1. The topological polar surface area (TPSA) is 172 Å². The summed E-state index contributed by atoms with van der Waals surface area (Å²) in [5.74, 6) is -2.39. The number of ether oxygens (including phenoxy) is 2. The van der Waals surface area contributed by atoms with E-state index in [2.05, 4.69) is 42.7 Å². The highest BCUT2D eigenvalue weighted by Crippen LogP contribution is 2.43. The number of carboxylic acid groups (broad SMARTS) is 1. The summed E-state index contributed by atoms with van der Waals surface area (Å²) in [6.07, 6.45) is 36.7. The lowest BCUT2D eigenvalue weighted by Crippen LogP contribution is -2.34. The van der Waals surface area contributed by atoms with Gasteiger partial charge in [0.1, 0.15) is 12.6 Å². The van der Waals surface area contributed by atoms with Crippen LogP contribution in [0.1, 0.15) is 187 Å². The van der Waals surface area contributed by atoms with Crippen molar-refractivity contribution in [1.82, 2.24) is 0 Å². The van der Waals surface area contributed by atoms with E-state index >= 15 is 0 Å². The third-order valence-corrected chi connectivity index (χ3v) is 9.90. The zero-order valence-electron chi connectivity index (χ0n) is 33.4. The van der Waals surface area contributed by atoms with Gasteiger partial charge in [-0.3, -0.25) is 23.4 Å². The molecule has 0 saturated carbocycles. The second kappa shape index (κ2) is 36.9. The fourth-order valence-corrected chi connectivity index (χ4v) is 6.39. The number of phosphoric ester groups is 1. The summed E-state index contributed by atoms with van der Waals surface area (Å²) in [4.78, 5) is 45.9. The van der Waals surface area contributed by atoms with Crippen LogP contribution in [0.25, 0.3) is 0 Å². The van der Waals surface area contributed by atoms with E-state index in [0.29, 0.717) is 12.8 Å². The van der Waals surface area contributed by atoms with Gasteiger partial charge >= 0.3 is 25.7 Å². The van der Waals surface area contributed by atoms with Crippen LogP contribution in [-0.2, 0) is 37.5 Å². The van der Waals surface area contributed by atoms with Gasteiger partial charge in [-0.25, -0.2) is 4.57 Å². The van der Waals surface area contributed by atoms with E-state index in [4.69, 9.17) is 24.8 Å². The highest BCUT2D eigenvalue weighted by atomic mass is 31.2. The van der Waals surface area contributed by atoms with Crippen LogP contribution in [0.5, 0.6) is 0 Å². The van der Waals surface area contributed by atoms with E-state index < -0.39 is 51.1 Å². The molecule has 0 spiro atoms. The summed E-state index contributed by atoms with van der Waals surface area (Å²) < 4.78 is 32.6. The van der Waals surface area contributed by atoms with Gasteiger partial charge in [-0.1, -0.05) is 160 Å². The maximum Gasteiger partial charge on any atom is 0.472 e. The zero-order valence-corrected chi connectivity index (χ0v) is 34.3. The Morgan fingerprint density at radius 2 is 1.02 bits per heavy atom. The Balaban J connectivity index is 4.39. The lowest BCUT2D eigenvalue weighted by molar-refractivity contribution is -0.161. The van der Waals surface area contributed by atoms with Crippen LogP contribution in [0.4, 0.5) is 0 Å². The second-order valence-corrected chi connectivity index (χ2v) is 15.6. The largest absolute Gasteiger partial charge is 0.480 e. The number of allylic oxidation sites excluding steroid dienone is 4. The first-order valence-electron chi connectivity index (χ1n) is 20.9. The Kier molecular flexibility index (Phi) is 35.5. The Labute approximate surface area is 321 Å². The normalized spacial score (nSPS) is 14.0. The SMILES string of the molecule is CCCC/C=C/C/C=C/CCCCCCCC(=O)O[C@H](COC(=O)CCCCCCCCCCCCCCCCC)COP(=O)(O)OC[C@H](N)C(=O)O. The first-order valence-corrected chi connectivity index (χ1v) is 22.4. The predicted octanol–water partition coefficient (Wildman–Crippen LogP) is 10.7. The average Bonchev–Trinajstić information content (AvgIpc) is 3.13. The van der Waals surface area contributed by atoms with Gasteiger partial charge in [-0.05, 0) is 38.5 Å². The highest BCUT2D eigenvalue weighted by molar-refractivity contribution is 7.47. The van der Waals surface area contributed by atoms with Crippen molar-refractivity contribution in [2.24, 2.45) is 5.73 Å². The number of esters is 2. The molecule has 4 N–H and O–H groups in total. The number of carboxylic acids is 1. The van der Waals surface area contributed by atoms with Crippen LogP contribution in [-0.4, -0.2) is 59.9 Å². The Morgan fingerprint density at radius 1 is 0.585 bits per heavy atom. The van der Waals surface area contributed by atoms with Crippen molar-refractivity contribution in [3.8, 4) is 0 Å². The zero-order chi connectivity index (χ0) is 39.3. The third kappa shape index (κ3) is 36.7. The summed E-state index contributed by atoms with van der Waals surface area (Å²) in [6, 6.07) is -1.52. The van der Waals surface area contributed by atoms with Crippen molar-refractivity contribution < 1.29 is 47.5 Å². The monoisotopic (exact) mass is 774 g/mol. The lowest BCUT2D eigenvalue weighted by Gasteiger charge is -2.20. The number of unbranched alkanes of at least 4 members (excludes halogenated alkanes) is 21. The first-order chi connectivity index (χ1) is 25.6. The number of aliphatic carboxylic acids is 1. The van der Waals surface area contributed by atoms with Gasteiger partial charge in [0, 0.05) is 12.8 Å². The van der Waals surface area contributed by atoms with Gasteiger partial charge in [0.2, 0.25) is 0 Å². The quantitative estimate of drug-likeness (QED) is 0.0235. The molecule has 12 heteroatoms. The number of carbonyl (C=O) groups excluding carboxylic acids is 2. The number of nitrogens with two attached hydrogens (primary N) is 1. The molecule has 0 aliphatic carbocycles. The summed E-state index contributed by atoms with van der Waals surface area (Å²) in [5.41, 5.74) is 5.32. The predicted molar refractivity (Wildman–Crippen MR) is 212 cm³/mol. The molecule has 0 aromatic carbocycles. The third-order valence-electron chi connectivity index (χ3n) is 8.95. The van der Waals surface area contributed by atoms with Crippen LogP contribution in [0.15, 0.2) is 24.3 Å². The molecule has 0 fully saturated rings.